The van der Waals surface area contributed by atoms with Crippen LogP contribution in [0.2, 0.25) is 0 Å². The van der Waals surface area contributed by atoms with Gasteiger partial charge in [-0.05, 0) is 54.8 Å². The molecule has 1 saturated carbocycles. The lowest BCUT2D eigenvalue weighted by Gasteiger charge is -2.43. The molecule has 124 valence electrons. The molecule has 0 bridgehead atoms. The molecule has 1 nitrogen and oxygen atoms in total. The van der Waals surface area contributed by atoms with Crippen LogP contribution in [0.4, 0.5) is 0 Å². The van der Waals surface area contributed by atoms with E-state index in [9.17, 15) is 4.79 Å². The average Bonchev–Trinajstić information content (AvgIpc) is 2.19. The molecular weight excluding hydrogens is 256 g/mol. The van der Waals surface area contributed by atoms with Crippen molar-refractivity contribution in [1.29, 1.82) is 0 Å². The SMILES string of the molecule is CC(=O)CCC(C)C(C)(C)CC(CC(C)(C)C)C1CCC1. The van der Waals surface area contributed by atoms with Crippen molar-refractivity contribution in [1.82, 2.24) is 0 Å². The minimum absolute atomic E-state index is 0.336. The maximum atomic E-state index is 11.2. The highest BCUT2D eigenvalue weighted by Crippen LogP contribution is 2.47. The van der Waals surface area contributed by atoms with Gasteiger partial charge in [-0.2, -0.15) is 0 Å². The molecule has 0 aliphatic heterocycles. The van der Waals surface area contributed by atoms with Crippen LogP contribution in [-0.2, 0) is 4.79 Å². The molecule has 1 aliphatic carbocycles. The quantitative estimate of drug-likeness (QED) is 0.516. The van der Waals surface area contributed by atoms with Crippen LogP contribution < -0.4 is 0 Å². The lowest BCUT2D eigenvalue weighted by Crippen LogP contribution is -2.33. The highest BCUT2D eigenvalue weighted by atomic mass is 16.1. The minimum Gasteiger partial charge on any atom is -0.300 e. The molecule has 21 heavy (non-hydrogen) atoms. The van der Waals surface area contributed by atoms with Crippen LogP contribution in [0.3, 0.4) is 0 Å². The van der Waals surface area contributed by atoms with Gasteiger partial charge in [0, 0.05) is 6.42 Å². The Hall–Kier alpha value is -0.330. The molecule has 1 heteroatoms. The second-order valence-corrected chi connectivity index (χ2v) is 9.55. The largest absolute Gasteiger partial charge is 0.300 e. The van der Waals surface area contributed by atoms with E-state index >= 15 is 0 Å². The maximum absolute atomic E-state index is 11.2. The van der Waals surface area contributed by atoms with Crippen molar-refractivity contribution in [3.63, 3.8) is 0 Å². The summed E-state index contributed by atoms with van der Waals surface area (Å²) in [5.41, 5.74) is 0.778. The summed E-state index contributed by atoms with van der Waals surface area (Å²) < 4.78 is 0. The van der Waals surface area contributed by atoms with E-state index in [0.717, 1.165) is 24.7 Å². The maximum Gasteiger partial charge on any atom is 0.129 e. The molecule has 1 aliphatic rings. The Morgan fingerprint density at radius 2 is 1.67 bits per heavy atom. The molecule has 2 unspecified atom stereocenters. The number of carbonyl (C=O) groups is 1. The molecular formula is C20H38O. The number of rotatable bonds is 8. The minimum atomic E-state index is 0.336. The summed E-state index contributed by atoms with van der Waals surface area (Å²) in [5.74, 6) is 2.80. The Bertz CT molecular complexity index is 330. The Morgan fingerprint density at radius 1 is 1.10 bits per heavy atom. The summed E-state index contributed by atoms with van der Waals surface area (Å²) in [6.45, 7) is 16.0. The average molecular weight is 295 g/mol. The zero-order chi connectivity index (χ0) is 16.3. The predicted octanol–water partition coefficient (Wildman–Crippen LogP) is 6.26. The zero-order valence-corrected chi connectivity index (χ0v) is 15.6. The first-order valence-corrected chi connectivity index (χ1v) is 9.01. The van der Waals surface area contributed by atoms with Crippen LogP contribution in [0.5, 0.6) is 0 Å². The molecule has 0 aromatic rings. The van der Waals surface area contributed by atoms with Crippen molar-refractivity contribution >= 4 is 5.78 Å². The molecule has 1 rings (SSSR count). The summed E-state index contributed by atoms with van der Waals surface area (Å²) >= 11 is 0. The van der Waals surface area contributed by atoms with E-state index in [2.05, 4.69) is 41.5 Å². The van der Waals surface area contributed by atoms with Gasteiger partial charge in [-0.15, -0.1) is 0 Å². The molecule has 0 aromatic heterocycles. The van der Waals surface area contributed by atoms with Gasteiger partial charge < -0.3 is 4.79 Å². The van der Waals surface area contributed by atoms with Crippen molar-refractivity contribution in [2.24, 2.45) is 28.6 Å². The van der Waals surface area contributed by atoms with Crippen LogP contribution in [-0.4, -0.2) is 5.78 Å². The van der Waals surface area contributed by atoms with Crippen molar-refractivity contribution in [3.05, 3.63) is 0 Å². The smallest absolute Gasteiger partial charge is 0.129 e. The van der Waals surface area contributed by atoms with E-state index in [1.807, 2.05) is 0 Å². The number of Topliss-reactive ketones (excluding diaryl/α,β-unsaturated/α-hetero) is 1. The third kappa shape index (κ3) is 6.53. The van der Waals surface area contributed by atoms with E-state index in [0.29, 0.717) is 22.5 Å². The highest BCUT2D eigenvalue weighted by Gasteiger charge is 2.36. The predicted molar refractivity (Wildman–Crippen MR) is 92.4 cm³/mol. The van der Waals surface area contributed by atoms with Gasteiger partial charge in [-0.1, -0.05) is 60.8 Å². The normalized spacial score (nSPS) is 20.0. The Morgan fingerprint density at radius 3 is 2.05 bits per heavy atom. The standard InChI is InChI=1S/C20H38O/c1-15(11-12-16(2)21)20(6,7)14-18(13-19(3,4)5)17-9-8-10-17/h15,17-18H,8-14H2,1-7H3. The number of carbonyl (C=O) groups excluding carboxylic acids is 1. The van der Waals surface area contributed by atoms with Crippen molar-refractivity contribution in [2.75, 3.05) is 0 Å². The van der Waals surface area contributed by atoms with Crippen molar-refractivity contribution in [2.45, 2.75) is 93.4 Å². The lowest BCUT2D eigenvalue weighted by atomic mass is 9.62. The number of hydrogen-bond acceptors (Lipinski definition) is 1. The third-order valence-corrected chi connectivity index (χ3v) is 5.74. The molecule has 1 fully saturated rings. The first-order chi connectivity index (χ1) is 9.51. The van der Waals surface area contributed by atoms with E-state index in [4.69, 9.17) is 0 Å². The molecule has 0 heterocycles. The molecule has 0 amide bonds. The second kappa shape index (κ2) is 7.29. The van der Waals surface area contributed by atoms with E-state index in [1.165, 1.54) is 32.1 Å². The van der Waals surface area contributed by atoms with E-state index < -0.39 is 0 Å². The fourth-order valence-corrected chi connectivity index (χ4v) is 3.79. The van der Waals surface area contributed by atoms with Crippen LogP contribution in [0.15, 0.2) is 0 Å². The summed E-state index contributed by atoms with van der Waals surface area (Å²) in [4.78, 5) is 11.2. The van der Waals surface area contributed by atoms with Crippen LogP contribution >= 0.6 is 0 Å². The van der Waals surface area contributed by atoms with Gasteiger partial charge in [-0.3, -0.25) is 0 Å². The monoisotopic (exact) mass is 294 g/mol. The fraction of sp³-hybridized carbons (Fsp3) is 0.950. The van der Waals surface area contributed by atoms with Crippen molar-refractivity contribution < 1.29 is 4.79 Å². The van der Waals surface area contributed by atoms with E-state index in [1.54, 1.807) is 6.92 Å². The van der Waals surface area contributed by atoms with Gasteiger partial charge in [0.2, 0.25) is 0 Å². The van der Waals surface area contributed by atoms with Crippen LogP contribution in [0, 0.1) is 28.6 Å². The Labute approximate surface area is 133 Å². The van der Waals surface area contributed by atoms with Crippen LogP contribution in [0.1, 0.15) is 93.4 Å². The zero-order valence-electron chi connectivity index (χ0n) is 15.6. The van der Waals surface area contributed by atoms with Gasteiger partial charge in [-0.25, -0.2) is 0 Å². The molecule has 0 saturated heterocycles. The lowest BCUT2D eigenvalue weighted by molar-refractivity contribution is -0.117. The summed E-state index contributed by atoms with van der Waals surface area (Å²) in [7, 11) is 0. The summed E-state index contributed by atoms with van der Waals surface area (Å²) in [6.07, 6.45) is 8.80. The van der Waals surface area contributed by atoms with Crippen LogP contribution in [0.25, 0.3) is 0 Å². The second-order valence-electron chi connectivity index (χ2n) is 9.55. The fourth-order valence-electron chi connectivity index (χ4n) is 3.79. The number of hydrogen-bond donors (Lipinski definition) is 0. The molecule has 0 spiro atoms. The van der Waals surface area contributed by atoms with Gasteiger partial charge in [0.15, 0.2) is 0 Å². The Balaban J connectivity index is 2.64. The first-order valence-electron chi connectivity index (χ1n) is 9.01. The highest BCUT2D eigenvalue weighted by molar-refractivity contribution is 5.75. The molecule has 2 atom stereocenters. The molecule has 0 radical (unpaired) electrons. The van der Waals surface area contributed by atoms with Gasteiger partial charge >= 0.3 is 0 Å². The van der Waals surface area contributed by atoms with Gasteiger partial charge in [0.05, 0.1) is 0 Å². The van der Waals surface area contributed by atoms with E-state index in [-0.39, 0.29) is 0 Å². The first kappa shape index (κ1) is 18.7. The molecule has 0 N–H and O–H groups in total. The molecule has 0 aromatic carbocycles. The van der Waals surface area contributed by atoms with Gasteiger partial charge in [0.1, 0.15) is 5.78 Å². The summed E-state index contributed by atoms with van der Waals surface area (Å²) in [6, 6.07) is 0. The number of ketones is 1. The topological polar surface area (TPSA) is 17.1 Å². The van der Waals surface area contributed by atoms with Crippen molar-refractivity contribution in [3.8, 4) is 0 Å². The van der Waals surface area contributed by atoms with Gasteiger partial charge in [0.25, 0.3) is 0 Å². The Kier molecular flexibility index (Phi) is 6.50. The summed E-state index contributed by atoms with van der Waals surface area (Å²) in [5, 5.41) is 0. The third-order valence-electron chi connectivity index (χ3n) is 5.74.